The summed E-state index contributed by atoms with van der Waals surface area (Å²) in [5.41, 5.74) is 2.56. The number of nitrogens with one attached hydrogen (secondary N) is 2. The van der Waals surface area contributed by atoms with Crippen molar-refractivity contribution in [3.05, 3.63) is 34.6 Å². The number of hydrogen-bond acceptors (Lipinski definition) is 3. The summed E-state index contributed by atoms with van der Waals surface area (Å²) in [6.45, 7) is 2.72. The Balaban J connectivity index is 0.00000163. The van der Waals surface area contributed by atoms with Crippen LogP contribution in [0.3, 0.4) is 0 Å². The maximum Gasteiger partial charge on any atom is 0.417 e. The first-order chi connectivity index (χ1) is 11.0. The molecule has 0 spiro atoms. The molecular weight excluding hydrogens is 334 g/mol. The van der Waals surface area contributed by atoms with Crippen LogP contribution in [-0.2, 0) is 22.3 Å². The lowest BCUT2D eigenvalue weighted by molar-refractivity contribution is -0.138. The number of alkyl halides is 3. The standard InChI is InChI=1S/C13H15F4N3O.CH2O2/c1-6(2)12(21)20-5-7-3-4-8(13(15,16)17)9(10(7)14)11(18)19;2-1-3/h3-4,6H,5H2,1-2H3,(H3,18,19)(H,20,21);1H,(H,2,3). The fraction of sp³-hybridized carbons (Fsp3) is 0.357. The predicted molar refractivity (Wildman–Crippen MR) is 77.8 cm³/mol. The number of carbonyl (C=O) groups is 2. The van der Waals surface area contributed by atoms with Crippen LogP contribution in [-0.4, -0.2) is 23.3 Å². The Bertz CT molecular complexity index is 616. The number of halogens is 4. The second kappa shape index (κ2) is 8.85. The first-order valence-corrected chi connectivity index (χ1v) is 6.55. The van der Waals surface area contributed by atoms with Gasteiger partial charge in [0.2, 0.25) is 5.91 Å². The van der Waals surface area contributed by atoms with Crippen molar-refractivity contribution in [2.24, 2.45) is 11.7 Å². The van der Waals surface area contributed by atoms with Crippen molar-refractivity contribution in [1.29, 1.82) is 5.41 Å². The van der Waals surface area contributed by atoms with Crippen LogP contribution in [0.2, 0.25) is 0 Å². The van der Waals surface area contributed by atoms with E-state index in [1.165, 1.54) is 0 Å². The number of carboxylic acid groups (broad SMARTS) is 1. The van der Waals surface area contributed by atoms with E-state index in [2.05, 4.69) is 5.32 Å². The minimum atomic E-state index is -4.82. The van der Waals surface area contributed by atoms with Gasteiger partial charge in [-0.1, -0.05) is 19.9 Å². The van der Waals surface area contributed by atoms with Gasteiger partial charge in [-0.25, -0.2) is 4.39 Å². The molecule has 0 atom stereocenters. The lowest BCUT2D eigenvalue weighted by atomic mass is 10.0. The van der Waals surface area contributed by atoms with Gasteiger partial charge < -0.3 is 16.2 Å². The van der Waals surface area contributed by atoms with Gasteiger partial charge in [-0.15, -0.1) is 0 Å². The molecular formula is C14H17F4N3O3. The average Bonchev–Trinajstić information content (AvgIpc) is 2.44. The minimum absolute atomic E-state index is 0.165. The quantitative estimate of drug-likeness (QED) is 0.288. The fourth-order valence-electron chi connectivity index (χ4n) is 1.64. The van der Waals surface area contributed by atoms with Crippen LogP contribution in [0.1, 0.15) is 30.5 Å². The zero-order valence-electron chi connectivity index (χ0n) is 12.9. The minimum Gasteiger partial charge on any atom is -0.483 e. The fourth-order valence-corrected chi connectivity index (χ4v) is 1.64. The van der Waals surface area contributed by atoms with Crippen molar-refractivity contribution in [3.8, 4) is 0 Å². The molecule has 0 saturated carbocycles. The van der Waals surface area contributed by atoms with Crippen LogP contribution in [0.4, 0.5) is 17.6 Å². The Morgan fingerprint density at radius 2 is 1.92 bits per heavy atom. The summed E-state index contributed by atoms with van der Waals surface area (Å²) in [6, 6.07) is 1.57. The van der Waals surface area contributed by atoms with Crippen molar-refractivity contribution in [2.75, 3.05) is 0 Å². The van der Waals surface area contributed by atoms with Gasteiger partial charge in [0.05, 0.1) is 11.1 Å². The Labute approximate surface area is 135 Å². The first kappa shape index (κ1) is 21.4. The van der Waals surface area contributed by atoms with Crippen LogP contribution >= 0.6 is 0 Å². The summed E-state index contributed by atoms with van der Waals surface area (Å²) in [5.74, 6) is -2.97. The van der Waals surface area contributed by atoms with E-state index in [0.717, 1.165) is 6.07 Å². The normalized spacial score (nSPS) is 10.6. The highest BCUT2D eigenvalue weighted by Gasteiger charge is 2.36. The SMILES string of the molecule is CC(C)C(=O)NCc1ccc(C(F)(F)F)c(C(=N)N)c1F.O=CO. The molecule has 1 aromatic carbocycles. The lowest BCUT2D eigenvalue weighted by Gasteiger charge is -2.16. The van der Waals surface area contributed by atoms with Crippen molar-refractivity contribution < 1.29 is 32.3 Å². The molecule has 0 unspecified atom stereocenters. The number of benzene rings is 1. The van der Waals surface area contributed by atoms with Gasteiger partial charge >= 0.3 is 6.18 Å². The van der Waals surface area contributed by atoms with Crippen LogP contribution in [0.25, 0.3) is 0 Å². The highest BCUT2D eigenvalue weighted by atomic mass is 19.4. The average molecular weight is 351 g/mol. The molecule has 0 aromatic heterocycles. The van der Waals surface area contributed by atoms with E-state index in [0.29, 0.717) is 6.07 Å². The summed E-state index contributed by atoms with van der Waals surface area (Å²) < 4.78 is 52.3. The van der Waals surface area contributed by atoms with Gasteiger partial charge in [0.15, 0.2) is 0 Å². The summed E-state index contributed by atoms with van der Waals surface area (Å²) in [6.07, 6.45) is -4.82. The molecule has 0 heterocycles. The molecule has 0 aliphatic heterocycles. The van der Waals surface area contributed by atoms with Crippen molar-refractivity contribution >= 4 is 18.2 Å². The van der Waals surface area contributed by atoms with Crippen LogP contribution in [0.5, 0.6) is 0 Å². The topological polar surface area (TPSA) is 116 Å². The van der Waals surface area contributed by atoms with E-state index < -0.39 is 29.0 Å². The maximum atomic E-state index is 14.1. The molecule has 134 valence electrons. The highest BCUT2D eigenvalue weighted by Crippen LogP contribution is 2.33. The van der Waals surface area contributed by atoms with E-state index in [-0.39, 0.29) is 30.4 Å². The van der Waals surface area contributed by atoms with Crippen LogP contribution < -0.4 is 11.1 Å². The van der Waals surface area contributed by atoms with Gasteiger partial charge in [0.25, 0.3) is 6.47 Å². The first-order valence-electron chi connectivity index (χ1n) is 6.55. The summed E-state index contributed by atoms with van der Waals surface area (Å²) in [5, 5.41) is 16.4. The van der Waals surface area contributed by atoms with Gasteiger partial charge in [-0.05, 0) is 6.07 Å². The lowest BCUT2D eigenvalue weighted by Crippen LogP contribution is -2.28. The zero-order valence-corrected chi connectivity index (χ0v) is 12.9. The van der Waals surface area contributed by atoms with Gasteiger partial charge in [0.1, 0.15) is 11.7 Å². The smallest absolute Gasteiger partial charge is 0.417 e. The van der Waals surface area contributed by atoms with E-state index in [1.54, 1.807) is 13.8 Å². The molecule has 0 bridgehead atoms. The third-order valence-corrected chi connectivity index (χ3v) is 2.77. The molecule has 0 aliphatic carbocycles. The van der Waals surface area contributed by atoms with E-state index in [9.17, 15) is 22.4 Å². The van der Waals surface area contributed by atoms with Crippen molar-refractivity contribution in [1.82, 2.24) is 5.32 Å². The number of rotatable bonds is 4. The Kier molecular flexibility index (Phi) is 7.87. The molecule has 1 rings (SSSR count). The Morgan fingerprint density at radius 1 is 1.42 bits per heavy atom. The van der Waals surface area contributed by atoms with E-state index >= 15 is 0 Å². The molecule has 0 saturated heterocycles. The summed E-state index contributed by atoms with van der Waals surface area (Å²) >= 11 is 0. The third kappa shape index (κ3) is 5.86. The monoisotopic (exact) mass is 351 g/mol. The molecule has 1 amide bonds. The third-order valence-electron chi connectivity index (χ3n) is 2.77. The molecule has 0 aliphatic rings. The number of hydrogen-bond donors (Lipinski definition) is 4. The Hall–Kier alpha value is -2.65. The summed E-state index contributed by atoms with van der Waals surface area (Å²) in [7, 11) is 0. The number of nitrogen functional groups attached to an aromatic ring is 1. The number of nitrogens with two attached hydrogens (primary N) is 1. The molecule has 0 fully saturated rings. The Morgan fingerprint density at radius 3 is 2.29 bits per heavy atom. The zero-order chi connectivity index (χ0) is 19.1. The molecule has 10 heteroatoms. The predicted octanol–water partition coefficient (Wildman–Crippen LogP) is 2.10. The molecule has 0 radical (unpaired) electrons. The van der Waals surface area contributed by atoms with Crippen molar-refractivity contribution in [2.45, 2.75) is 26.6 Å². The van der Waals surface area contributed by atoms with E-state index in [1.807, 2.05) is 0 Å². The van der Waals surface area contributed by atoms with Crippen LogP contribution in [0.15, 0.2) is 12.1 Å². The number of amides is 1. The molecule has 1 aromatic rings. The van der Waals surface area contributed by atoms with Gasteiger partial charge in [-0.2, -0.15) is 13.2 Å². The van der Waals surface area contributed by atoms with E-state index in [4.69, 9.17) is 21.0 Å². The largest absolute Gasteiger partial charge is 0.483 e. The number of carbonyl (C=O) groups excluding carboxylic acids is 1. The maximum absolute atomic E-state index is 14.1. The number of amidine groups is 1. The van der Waals surface area contributed by atoms with Crippen molar-refractivity contribution in [3.63, 3.8) is 0 Å². The second-order valence-corrected chi connectivity index (χ2v) is 4.85. The highest BCUT2D eigenvalue weighted by molar-refractivity contribution is 5.97. The van der Waals surface area contributed by atoms with Crippen LogP contribution in [0, 0.1) is 17.1 Å². The molecule has 24 heavy (non-hydrogen) atoms. The second-order valence-electron chi connectivity index (χ2n) is 4.85. The summed E-state index contributed by atoms with van der Waals surface area (Å²) in [4.78, 5) is 19.8. The molecule has 5 N–H and O–H groups in total. The van der Waals surface area contributed by atoms with Gasteiger partial charge in [0, 0.05) is 18.0 Å². The van der Waals surface area contributed by atoms with Gasteiger partial charge in [-0.3, -0.25) is 15.0 Å². The molecule has 6 nitrogen and oxygen atoms in total.